The lowest BCUT2D eigenvalue weighted by molar-refractivity contribution is -0.117. The maximum absolute atomic E-state index is 13.8. The number of halogens is 1. The quantitative estimate of drug-likeness (QED) is 0.0246. The van der Waals surface area contributed by atoms with Crippen LogP contribution in [0.4, 0.5) is 22.7 Å². The standard InChI is InChI=1S/C34H53N3O9S.C28H39BrN2O4S.C6H15NO5/c1-5-15-34(6-2)21-47(45,46)28-14-13-24(37(3)4)18-25(28)30(33(34)44)22-10-9-11-23(17-22)36-29(41)12-7-8-16-35-19-26(39)31(42)32(43)27(40)20-38;1-5-15-28(6-2)19-36(34,35)24-14-13-22(31(3)4)18-23(24)26(27(28)33)20-10-9-11-21(17-20)30-25(32)12-7-8-16-29;7-1-3(9)5(11)6(12)4(10)2-8/h9-11,13-14,17-18,26-27,30-33,35,38-40,42-44H,5-8,12,15-16,19-21H2,1-4H3,(H,36,41);9-11,13-14,17-18,26-27,33H,5-8,12,15-16,19H2,1-4H3,(H,30,32);3-6,8-12H,1-2,7H2/t26-,27+,30+,31+,32+,33+,34+;26-,27-,28-;3-,4+,5+,6+/m010/s1. The van der Waals surface area contributed by atoms with Gasteiger partial charge in [0.25, 0.3) is 0 Å². The van der Waals surface area contributed by atoms with Gasteiger partial charge in [0.15, 0.2) is 19.7 Å². The van der Waals surface area contributed by atoms with Crippen molar-refractivity contribution in [2.45, 2.75) is 187 Å². The number of carbonyl (C=O) groups excluding carboxylic acids is 2. The van der Waals surface area contributed by atoms with Crippen LogP contribution < -0.4 is 31.5 Å². The molecule has 0 aromatic heterocycles. The second-order valence-corrected chi connectivity index (χ2v) is 30.2. The molecule has 2 aliphatic heterocycles. The van der Waals surface area contributed by atoms with Crippen LogP contribution in [0.25, 0.3) is 0 Å². The number of amides is 2. The first-order valence-electron chi connectivity index (χ1n) is 32.7. The lowest BCUT2D eigenvalue weighted by atomic mass is 9.69. The number of anilines is 4. The Bertz CT molecular complexity index is 3250. The summed E-state index contributed by atoms with van der Waals surface area (Å²) in [6, 6.07) is 25.4. The third kappa shape index (κ3) is 22.1. The Morgan fingerprint density at radius 1 is 0.568 bits per heavy atom. The fourth-order valence-electron chi connectivity index (χ4n) is 12.6. The molecular weight excluding hydrogens is 1330 g/mol. The van der Waals surface area contributed by atoms with E-state index < -0.39 is 117 Å². The van der Waals surface area contributed by atoms with Gasteiger partial charge in [0.2, 0.25) is 11.8 Å². The average Bonchev–Trinajstić information content (AvgIpc) is 1.62. The van der Waals surface area contributed by atoms with Gasteiger partial charge in [-0.25, -0.2) is 16.8 Å². The third-order valence-electron chi connectivity index (χ3n) is 18.2. The highest BCUT2D eigenvalue weighted by molar-refractivity contribution is 9.09. The second-order valence-electron chi connectivity index (χ2n) is 25.5. The van der Waals surface area contributed by atoms with Gasteiger partial charge >= 0.3 is 0 Å². The van der Waals surface area contributed by atoms with E-state index in [2.05, 4.69) is 31.9 Å². The van der Waals surface area contributed by atoms with E-state index in [0.717, 1.165) is 48.0 Å². The number of benzene rings is 4. The molecule has 6 rings (SSSR count). The summed E-state index contributed by atoms with van der Waals surface area (Å²) in [5.41, 5.74) is 8.90. The molecule has 14 atom stereocenters. The van der Waals surface area contributed by atoms with Crippen LogP contribution in [0.1, 0.15) is 139 Å². The monoisotopic (exact) mass is 1440 g/mol. The highest BCUT2D eigenvalue weighted by Gasteiger charge is 2.51. The van der Waals surface area contributed by atoms with Crippen molar-refractivity contribution in [2.24, 2.45) is 16.6 Å². The SMILES string of the molecule is CCC[C@]1(CC)CS(=O)(=O)c2ccc(N(C)C)cc2[C@@H](c2cccc(NC(=O)CCCCBr)c2)[C@H]1O.CCC[C@]1(CC)CS(=O)(=O)c2ccc(N(C)C)cc2[C@@H](c2cccc(NC(=O)CCCCNC[C@H](O)[C@@H](O)[C@H](O)[C@H](O)CO)c2)[C@H]1O.NC[C@H](O)[C@@H](O)[C@H](O)[C@H](O)CO. The van der Waals surface area contributed by atoms with Gasteiger partial charge in [0.05, 0.1) is 58.9 Å². The van der Waals surface area contributed by atoms with E-state index in [9.17, 15) is 57.1 Å². The smallest absolute Gasteiger partial charge is 0.224 e. The zero-order chi connectivity index (χ0) is 71.2. The van der Waals surface area contributed by atoms with Gasteiger partial charge in [0, 0.05) is 105 Å². The normalized spacial score (nSPS) is 22.9. The molecule has 17 N–H and O–H groups in total. The number of nitrogens with zero attached hydrogens (tertiary/aromatic N) is 2. The number of alkyl halides is 1. The van der Waals surface area contributed by atoms with Crippen LogP contribution in [0.2, 0.25) is 0 Å². The van der Waals surface area contributed by atoms with E-state index in [1.807, 2.05) is 114 Å². The largest absolute Gasteiger partial charge is 0.394 e. The summed E-state index contributed by atoms with van der Waals surface area (Å²) in [5.74, 6) is -1.68. The Morgan fingerprint density at radius 3 is 1.32 bits per heavy atom. The summed E-state index contributed by atoms with van der Waals surface area (Å²) in [5, 5.41) is 126. The van der Waals surface area contributed by atoms with Gasteiger partial charge in [-0.05, 0) is 141 Å². The highest BCUT2D eigenvalue weighted by Crippen LogP contribution is 2.51. The van der Waals surface area contributed by atoms with E-state index in [0.29, 0.717) is 79.6 Å². The van der Waals surface area contributed by atoms with E-state index in [4.69, 9.17) is 36.4 Å². The fraction of sp³-hybridized carbons (Fsp3) is 0.618. The number of aliphatic hydroxyl groups excluding tert-OH is 12. The Hall–Kier alpha value is -4.76. The number of fused-ring (bicyclic) bond motifs is 2. The Balaban J connectivity index is 0.000000352. The first-order chi connectivity index (χ1) is 44.8. The van der Waals surface area contributed by atoms with Crippen molar-refractivity contribution in [2.75, 3.05) is 98.3 Å². The van der Waals surface area contributed by atoms with Crippen molar-refractivity contribution >= 4 is 70.2 Å². The molecule has 4 aromatic carbocycles. The van der Waals surface area contributed by atoms with Gasteiger partial charge < -0.3 is 92.8 Å². The number of carbonyl (C=O) groups is 2. The number of aliphatic hydroxyl groups is 12. The lowest BCUT2D eigenvalue weighted by Gasteiger charge is -2.39. The number of nitrogens with one attached hydrogen (secondary N) is 3. The molecule has 0 fully saturated rings. The molecule has 0 saturated carbocycles. The van der Waals surface area contributed by atoms with Gasteiger partial charge in [0.1, 0.15) is 36.6 Å². The summed E-state index contributed by atoms with van der Waals surface area (Å²) in [6.07, 6.45) is -6.85. The summed E-state index contributed by atoms with van der Waals surface area (Å²) >= 11 is 3.39. The molecule has 536 valence electrons. The molecule has 95 heavy (non-hydrogen) atoms. The van der Waals surface area contributed by atoms with Crippen molar-refractivity contribution in [3.05, 3.63) is 107 Å². The van der Waals surface area contributed by atoms with Gasteiger partial charge in [-0.2, -0.15) is 0 Å². The van der Waals surface area contributed by atoms with Crippen LogP contribution in [0.3, 0.4) is 0 Å². The lowest BCUT2D eigenvalue weighted by Crippen LogP contribution is -2.49. The summed E-state index contributed by atoms with van der Waals surface area (Å²) < 4.78 is 55.0. The maximum atomic E-state index is 13.8. The molecule has 0 unspecified atom stereocenters. The molecule has 0 radical (unpaired) electrons. The zero-order valence-electron chi connectivity index (χ0n) is 56.1. The van der Waals surface area contributed by atoms with Gasteiger partial charge in [-0.3, -0.25) is 9.59 Å². The molecule has 0 saturated heterocycles. The van der Waals surface area contributed by atoms with Crippen molar-refractivity contribution in [3.8, 4) is 0 Å². The molecule has 2 aliphatic rings. The van der Waals surface area contributed by atoms with E-state index in [-0.39, 0.29) is 52.6 Å². The number of nitrogens with two attached hydrogens (primary N) is 1. The first kappa shape index (κ1) is 82.7. The number of hydrogen-bond donors (Lipinski definition) is 16. The van der Waals surface area contributed by atoms with E-state index in [1.54, 1.807) is 36.4 Å². The minimum absolute atomic E-state index is 0.0544. The molecular formula is C68H107BrN6O18S2. The molecule has 2 heterocycles. The third-order valence-corrected chi connectivity index (χ3v) is 22.8. The Morgan fingerprint density at radius 2 is 0.958 bits per heavy atom. The van der Waals surface area contributed by atoms with Crippen molar-refractivity contribution in [1.29, 1.82) is 0 Å². The van der Waals surface area contributed by atoms with E-state index in [1.165, 1.54) is 0 Å². The molecule has 0 aliphatic carbocycles. The summed E-state index contributed by atoms with van der Waals surface area (Å²) in [4.78, 5) is 29.7. The summed E-state index contributed by atoms with van der Waals surface area (Å²) in [7, 11) is 0.245. The summed E-state index contributed by atoms with van der Waals surface area (Å²) in [6.45, 7) is 6.63. The molecule has 0 spiro atoms. The second kappa shape index (κ2) is 38.6. The van der Waals surface area contributed by atoms with Crippen LogP contribution in [0.5, 0.6) is 0 Å². The Labute approximate surface area is 569 Å². The molecule has 27 heteroatoms. The minimum Gasteiger partial charge on any atom is -0.394 e. The predicted octanol–water partition coefficient (Wildman–Crippen LogP) is 3.48. The topological polar surface area (TPSA) is 414 Å². The molecule has 0 bridgehead atoms. The van der Waals surface area contributed by atoms with Gasteiger partial charge in [-0.15, -0.1) is 0 Å². The van der Waals surface area contributed by atoms with Crippen LogP contribution >= 0.6 is 15.9 Å². The van der Waals surface area contributed by atoms with Gasteiger partial charge in [-0.1, -0.05) is 80.7 Å². The molecule has 24 nitrogen and oxygen atoms in total. The average molecular weight is 1440 g/mol. The number of hydrogen-bond acceptors (Lipinski definition) is 22. The fourth-order valence-corrected chi connectivity index (χ4v) is 17.5. The van der Waals surface area contributed by atoms with Crippen molar-refractivity contribution < 1.29 is 87.7 Å². The molecule has 4 aromatic rings. The predicted molar refractivity (Wildman–Crippen MR) is 372 cm³/mol. The van der Waals surface area contributed by atoms with Crippen molar-refractivity contribution in [1.82, 2.24) is 5.32 Å². The van der Waals surface area contributed by atoms with Crippen LogP contribution in [-0.2, 0) is 29.3 Å². The molecule has 2 amide bonds. The van der Waals surface area contributed by atoms with Crippen LogP contribution in [0, 0.1) is 10.8 Å². The maximum Gasteiger partial charge on any atom is 0.224 e. The van der Waals surface area contributed by atoms with Crippen LogP contribution in [-0.4, -0.2) is 229 Å². The van der Waals surface area contributed by atoms with Crippen molar-refractivity contribution in [3.63, 3.8) is 0 Å². The number of rotatable bonds is 32. The number of unbranched alkanes of at least 4 members (excludes halogenated alkanes) is 2. The highest BCUT2D eigenvalue weighted by atomic mass is 79.9. The zero-order valence-corrected chi connectivity index (χ0v) is 59.4. The number of sulfone groups is 2. The Kier molecular flexibility index (Phi) is 33.6. The minimum atomic E-state index is -3.71. The van der Waals surface area contributed by atoms with Crippen LogP contribution in [0.15, 0.2) is 94.7 Å². The van der Waals surface area contributed by atoms with E-state index >= 15 is 0 Å². The first-order valence-corrected chi connectivity index (χ1v) is 37.1.